The summed E-state index contributed by atoms with van der Waals surface area (Å²) in [6.07, 6.45) is -1.41. The van der Waals surface area contributed by atoms with E-state index in [1.165, 1.54) is 7.11 Å². The van der Waals surface area contributed by atoms with Gasteiger partial charge < -0.3 is 9.64 Å². The highest BCUT2D eigenvalue weighted by molar-refractivity contribution is 6.32. The number of nitrogens with zero attached hydrogens (tertiary/aromatic N) is 1. The molecule has 114 valence electrons. The van der Waals surface area contributed by atoms with Crippen LogP contribution >= 0.6 is 11.6 Å². The lowest BCUT2D eigenvalue weighted by Crippen LogP contribution is -2.39. The van der Waals surface area contributed by atoms with Crippen molar-refractivity contribution in [2.24, 2.45) is 5.92 Å². The highest BCUT2D eigenvalue weighted by Crippen LogP contribution is 2.35. The summed E-state index contributed by atoms with van der Waals surface area (Å²) in [7, 11) is 1.46. The lowest BCUT2D eigenvalue weighted by atomic mass is 9.96. The van der Waals surface area contributed by atoms with Crippen LogP contribution in [0.5, 0.6) is 0 Å². The number of ether oxygens (including phenoxy) is 1. The maximum atomic E-state index is 12.6. The molecule has 0 atom stereocenters. The predicted octanol–water partition coefficient (Wildman–Crippen LogP) is 4.07. The zero-order valence-electron chi connectivity index (χ0n) is 11.5. The molecule has 0 radical (unpaired) electrons. The summed E-state index contributed by atoms with van der Waals surface area (Å²) in [6, 6.07) is 5.30. The van der Waals surface area contributed by atoms with E-state index in [0.29, 0.717) is 23.7 Å². The van der Waals surface area contributed by atoms with Crippen molar-refractivity contribution in [2.45, 2.75) is 19.0 Å². The first-order valence-electron chi connectivity index (χ1n) is 6.57. The molecule has 1 saturated heterocycles. The lowest BCUT2D eigenvalue weighted by Gasteiger charge is -2.34. The molecule has 1 heterocycles. The molecule has 0 bridgehead atoms. The van der Waals surface area contributed by atoms with Crippen molar-refractivity contribution in [2.75, 3.05) is 25.1 Å². The van der Waals surface area contributed by atoms with Gasteiger partial charge in [0.15, 0.2) is 0 Å². The van der Waals surface area contributed by atoms with Crippen LogP contribution in [0.15, 0.2) is 18.2 Å². The second-order valence-corrected chi connectivity index (χ2v) is 5.31. The average Bonchev–Trinajstić information content (AvgIpc) is 2.45. The van der Waals surface area contributed by atoms with Crippen LogP contribution in [0, 0.1) is 17.9 Å². The zero-order valence-corrected chi connectivity index (χ0v) is 12.3. The third-order valence-corrected chi connectivity index (χ3v) is 3.88. The third-order valence-electron chi connectivity index (χ3n) is 3.56. The molecule has 1 aromatic carbocycles. The SMILES string of the molecule is COC#Cc1ccc(N2CCC(C(F)(F)F)CC2)cc1Cl. The van der Waals surface area contributed by atoms with Crippen LogP contribution in [-0.4, -0.2) is 26.4 Å². The van der Waals surface area contributed by atoms with Crippen molar-refractivity contribution in [3.8, 4) is 12.0 Å². The minimum Gasteiger partial charge on any atom is -0.450 e. The number of hydrogen-bond donors (Lipinski definition) is 0. The molecule has 0 aromatic heterocycles. The molecule has 0 unspecified atom stereocenters. The van der Waals surface area contributed by atoms with Gasteiger partial charge in [-0.25, -0.2) is 0 Å². The van der Waals surface area contributed by atoms with E-state index in [1.54, 1.807) is 12.1 Å². The van der Waals surface area contributed by atoms with E-state index in [4.69, 9.17) is 11.6 Å². The molecule has 0 amide bonds. The van der Waals surface area contributed by atoms with E-state index in [0.717, 1.165) is 5.69 Å². The molecule has 0 spiro atoms. The van der Waals surface area contributed by atoms with Gasteiger partial charge in [0.1, 0.15) is 6.11 Å². The van der Waals surface area contributed by atoms with Gasteiger partial charge in [0.25, 0.3) is 0 Å². The van der Waals surface area contributed by atoms with E-state index >= 15 is 0 Å². The highest BCUT2D eigenvalue weighted by Gasteiger charge is 2.41. The lowest BCUT2D eigenvalue weighted by molar-refractivity contribution is -0.179. The fourth-order valence-corrected chi connectivity index (χ4v) is 2.60. The van der Waals surface area contributed by atoms with Crippen molar-refractivity contribution in [3.63, 3.8) is 0 Å². The van der Waals surface area contributed by atoms with Gasteiger partial charge in [-0.1, -0.05) is 11.6 Å². The molecule has 1 fully saturated rings. The fourth-order valence-electron chi connectivity index (χ4n) is 2.37. The van der Waals surface area contributed by atoms with Crippen molar-refractivity contribution in [1.82, 2.24) is 0 Å². The standard InChI is InChI=1S/C15H15ClF3NO/c1-21-9-6-11-2-3-13(10-14(11)16)20-7-4-12(5-8-20)15(17,18)19/h2-3,10,12H,4-5,7-8H2,1H3. The molecule has 21 heavy (non-hydrogen) atoms. The minimum absolute atomic E-state index is 0.117. The predicted molar refractivity (Wildman–Crippen MR) is 76.3 cm³/mol. The van der Waals surface area contributed by atoms with Gasteiger partial charge in [-0.2, -0.15) is 13.2 Å². The molecule has 0 aliphatic carbocycles. The van der Waals surface area contributed by atoms with Crippen LogP contribution < -0.4 is 4.90 Å². The van der Waals surface area contributed by atoms with Gasteiger partial charge in [0, 0.05) is 24.3 Å². The number of alkyl halides is 3. The van der Waals surface area contributed by atoms with Crippen molar-refractivity contribution < 1.29 is 17.9 Å². The summed E-state index contributed by atoms with van der Waals surface area (Å²) in [5, 5.41) is 0.468. The number of rotatable bonds is 1. The normalized spacial score (nSPS) is 16.3. The van der Waals surface area contributed by atoms with E-state index in [-0.39, 0.29) is 12.8 Å². The minimum atomic E-state index is -4.09. The largest absolute Gasteiger partial charge is 0.450 e. The Bertz CT molecular complexity index is 554. The molecular formula is C15H15ClF3NO. The second kappa shape index (κ2) is 6.48. The molecule has 0 saturated carbocycles. The smallest absolute Gasteiger partial charge is 0.391 e. The molecule has 6 heteroatoms. The van der Waals surface area contributed by atoms with Gasteiger partial charge >= 0.3 is 6.18 Å². The zero-order chi connectivity index (χ0) is 15.5. The maximum Gasteiger partial charge on any atom is 0.391 e. The van der Waals surface area contributed by atoms with E-state index in [2.05, 4.69) is 16.8 Å². The molecule has 1 aliphatic heterocycles. The number of hydrogen-bond acceptors (Lipinski definition) is 2. The first-order valence-corrected chi connectivity index (χ1v) is 6.95. The number of anilines is 1. The molecule has 1 aliphatic rings. The monoisotopic (exact) mass is 317 g/mol. The maximum absolute atomic E-state index is 12.6. The third kappa shape index (κ3) is 3.98. The Balaban J connectivity index is 2.06. The molecule has 0 N–H and O–H groups in total. The molecule has 1 aromatic rings. The van der Waals surface area contributed by atoms with Gasteiger partial charge in [-0.3, -0.25) is 0 Å². The Morgan fingerprint density at radius 3 is 2.48 bits per heavy atom. The number of methoxy groups -OCH3 is 1. The summed E-state index contributed by atoms with van der Waals surface area (Å²) in [5.74, 6) is 1.55. The average molecular weight is 318 g/mol. The van der Waals surface area contributed by atoms with Gasteiger partial charge in [0.2, 0.25) is 0 Å². The molecular weight excluding hydrogens is 303 g/mol. The first kappa shape index (κ1) is 15.8. The Hall–Kier alpha value is -1.54. The van der Waals surface area contributed by atoms with Crippen LogP contribution in [0.2, 0.25) is 5.02 Å². The van der Waals surface area contributed by atoms with Crippen molar-refractivity contribution >= 4 is 17.3 Å². The Morgan fingerprint density at radius 1 is 1.29 bits per heavy atom. The molecule has 2 nitrogen and oxygen atoms in total. The number of piperidine rings is 1. The fraction of sp³-hybridized carbons (Fsp3) is 0.467. The quantitative estimate of drug-likeness (QED) is 0.724. The Morgan fingerprint density at radius 2 is 1.95 bits per heavy atom. The van der Waals surface area contributed by atoms with Crippen LogP contribution in [0.25, 0.3) is 0 Å². The molecule has 2 rings (SSSR count). The van der Waals surface area contributed by atoms with E-state index < -0.39 is 12.1 Å². The van der Waals surface area contributed by atoms with Crippen LogP contribution in [0.4, 0.5) is 18.9 Å². The first-order chi connectivity index (χ1) is 9.91. The highest BCUT2D eigenvalue weighted by atomic mass is 35.5. The summed E-state index contributed by atoms with van der Waals surface area (Å²) in [4.78, 5) is 1.92. The summed E-state index contributed by atoms with van der Waals surface area (Å²) >= 11 is 6.12. The van der Waals surface area contributed by atoms with E-state index in [9.17, 15) is 13.2 Å². The summed E-state index contributed by atoms with van der Waals surface area (Å²) < 4.78 is 42.6. The second-order valence-electron chi connectivity index (χ2n) is 4.90. The number of halogens is 4. The summed E-state index contributed by atoms with van der Waals surface area (Å²) in [6.45, 7) is 0.757. The van der Waals surface area contributed by atoms with Gasteiger partial charge in [-0.05, 0) is 37.0 Å². The van der Waals surface area contributed by atoms with Crippen LogP contribution in [0.1, 0.15) is 18.4 Å². The topological polar surface area (TPSA) is 12.5 Å². The van der Waals surface area contributed by atoms with Crippen LogP contribution in [0.3, 0.4) is 0 Å². The number of benzene rings is 1. The van der Waals surface area contributed by atoms with Crippen molar-refractivity contribution in [1.29, 1.82) is 0 Å². The van der Waals surface area contributed by atoms with Crippen LogP contribution in [-0.2, 0) is 4.74 Å². The van der Waals surface area contributed by atoms with Crippen molar-refractivity contribution in [3.05, 3.63) is 28.8 Å². The Kier molecular flexibility index (Phi) is 4.89. The Labute approximate surface area is 126 Å². The van der Waals surface area contributed by atoms with E-state index in [1.807, 2.05) is 11.0 Å². The van der Waals surface area contributed by atoms with Gasteiger partial charge in [0.05, 0.1) is 18.1 Å². The summed E-state index contributed by atoms with van der Waals surface area (Å²) in [5.41, 5.74) is 1.45. The van der Waals surface area contributed by atoms with Gasteiger partial charge in [-0.15, -0.1) is 0 Å².